The maximum absolute atomic E-state index is 12.1. The van der Waals surface area contributed by atoms with Crippen molar-refractivity contribution in [2.24, 2.45) is 10.2 Å². The first kappa shape index (κ1) is 16.1. The summed E-state index contributed by atoms with van der Waals surface area (Å²) in [7, 11) is 1.64. The molecule has 0 spiro atoms. The van der Waals surface area contributed by atoms with E-state index in [9.17, 15) is 14.7 Å². The summed E-state index contributed by atoms with van der Waals surface area (Å²) >= 11 is 2.47. The molecule has 0 aliphatic carbocycles. The van der Waals surface area contributed by atoms with E-state index in [4.69, 9.17) is 0 Å². The molecule has 0 bridgehead atoms. The number of aliphatic hydroxyl groups is 1. The second kappa shape index (κ2) is 6.63. The third-order valence-electron chi connectivity index (χ3n) is 2.82. The van der Waals surface area contributed by atoms with Gasteiger partial charge in [0.25, 0.3) is 0 Å². The minimum atomic E-state index is -0.557. The van der Waals surface area contributed by atoms with Crippen molar-refractivity contribution in [3.63, 3.8) is 0 Å². The molecule has 114 valence electrons. The summed E-state index contributed by atoms with van der Waals surface area (Å²) in [5.41, 5.74) is 0.811. The van der Waals surface area contributed by atoms with E-state index >= 15 is 0 Å². The number of thioether (sulfide) groups is 2. The zero-order chi connectivity index (χ0) is 15.6. The maximum atomic E-state index is 12.1. The van der Waals surface area contributed by atoms with Crippen LogP contribution in [0.3, 0.4) is 0 Å². The molecule has 0 radical (unpaired) electrons. The van der Waals surface area contributed by atoms with Gasteiger partial charge in [-0.25, -0.2) is 0 Å². The summed E-state index contributed by atoms with van der Waals surface area (Å²) < 4.78 is 0. The first-order valence-corrected chi connectivity index (χ1v) is 8.09. The molecule has 2 aliphatic rings. The Balaban J connectivity index is 2.21. The smallest absolute Gasteiger partial charge is 0.244 e. The number of amides is 2. The third kappa shape index (κ3) is 3.47. The normalized spacial score (nSPS) is 26.5. The highest BCUT2D eigenvalue weighted by molar-refractivity contribution is 8.15. The Hall–Kier alpha value is -1.32. The zero-order valence-electron chi connectivity index (χ0n) is 11.8. The van der Waals surface area contributed by atoms with Crippen LogP contribution in [0.5, 0.6) is 0 Å². The molecule has 2 saturated heterocycles. The van der Waals surface area contributed by atoms with Crippen molar-refractivity contribution in [3.8, 4) is 0 Å². The number of amidine groups is 2. The highest BCUT2D eigenvalue weighted by Crippen LogP contribution is 2.28. The summed E-state index contributed by atoms with van der Waals surface area (Å²) in [4.78, 5) is 26.4. The van der Waals surface area contributed by atoms with Crippen molar-refractivity contribution >= 4 is 45.7 Å². The fraction of sp³-hybridized carbons (Fsp3) is 0.500. The Labute approximate surface area is 131 Å². The Morgan fingerprint density at radius 1 is 1.43 bits per heavy atom. The summed E-state index contributed by atoms with van der Waals surface area (Å²) in [6.07, 6.45) is 0. The Morgan fingerprint density at radius 2 is 2.10 bits per heavy atom. The van der Waals surface area contributed by atoms with Crippen LogP contribution in [-0.2, 0) is 9.59 Å². The molecule has 2 aliphatic heterocycles. The molecule has 21 heavy (non-hydrogen) atoms. The predicted molar refractivity (Wildman–Crippen MR) is 85.1 cm³/mol. The molecule has 2 amide bonds. The summed E-state index contributed by atoms with van der Waals surface area (Å²) in [6.45, 7) is 5.69. The van der Waals surface area contributed by atoms with Gasteiger partial charge in [0.05, 0.1) is 12.4 Å². The SMILES string of the molecule is C=C(C)CN1C(=O)C(CO)SC1=NN=C1SCC(=O)N1C. The van der Waals surface area contributed by atoms with Crippen LogP contribution in [0.1, 0.15) is 6.92 Å². The van der Waals surface area contributed by atoms with Crippen molar-refractivity contribution in [3.05, 3.63) is 12.2 Å². The van der Waals surface area contributed by atoms with Gasteiger partial charge in [-0.05, 0) is 6.92 Å². The molecule has 0 saturated carbocycles. The lowest BCUT2D eigenvalue weighted by Gasteiger charge is -2.15. The molecule has 0 aromatic heterocycles. The van der Waals surface area contributed by atoms with Gasteiger partial charge in [0, 0.05) is 13.6 Å². The Kier molecular flexibility index (Phi) is 5.07. The molecule has 7 nitrogen and oxygen atoms in total. The average molecular weight is 328 g/mol. The second-order valence-electron chi connectivity index (χ2n) is 4.68. The standard InChI is InChI=1S/C12H16N4O3S2/c1-7(2)4-16-10(19)8(5-17)21-12(16)14-13-11-15(3)9(18)6-20-11/h8,17H,1,4-6H2,2-3H3. The summed E-state index contributed by atoms with van der Waals surface area (Å²) in [5, 5.41) is 17.7. The first-order chi connectivity index (χ1) is 9.93. The molecule has 2 fully saturated rings. The largest absolute Gasteiger partial charge is 0.395 e. The lowest BCUT2D eigenvalue weighted by Crippen LogP contribution is -2.34. The van der Waals surface area contributed by atoms with Gasteiger partial charge in [-0.1, -0.05) is 35.7 Å². The second-order valence-corrected chi connectivity index (χ2v) is 6.79. The molecule has 9 heteroatoms. The van der Waals surface area contributed by atoms with Crippen molar-refractivity contribution < 1.29 is 14.7 Å². The van der Waals surface area contributed by atoms with Crippen LogP contribution in [0.15, 0.2) is 22.4 Å². The number of carbonyl (C=O) groups excluding carboxylic acids is 2. The van der Waals surface area contributed by atoms with Crippen molar-refractivity contribution in [1.29, 1.82) is 0 Å². The number of hydrogen-bond donors (Lipinski definition) is 1. The van der Waals surface area contributed by atoms with E-state index < -0.39 is 5.25 Å². The highest BCUT2D eigenvalue weighted by Gasteiger charge is 2.37. The van der Waals surface area contributed by atoms with Gasteiger partial charge in [-0.15, -0.1) is 10.2 Å². The molecule has 0 aromatic carbocycles. The van der Waals surface area contributed by atoms with E-state index in [1.165, 1.54) is 33.3 Å². The van der Waals surface area contributed by atoms with Crippen molar-refractivity contribution in [1.82, 2.24) is 9.80 Å². The number of nitrogens with zero attached hydrogens (tertiary/aromatic N) is 4. The van der Waals surface area contributed by atoms with Crippen LogP contribution in [0.25, 0.3) is 0 Å². The topological polar surface area (TPSA) is 85.6 Å². The van der Waals surface area contributed by atoms with Gasteiger partial charge >= 0.3 is 0 Å². The van der Waals surface area contributed by atoms with Crippen molar-refractivity contribution in [2.75, 3.05) is 26.0 Å². The highest BCUT2D eigenvalue weighted by atomic mass is 32.2. The molecular formula is C12H16N4O3S2. The Bertz CT molecular complexity index is 547. The fourth-order valence-electron chi connectivity index (χ4n) is 1.73. The van der Waals surface area contributed by atoms with Crippen LogP contribution in [-0.4, -0.2) is 68.3 Å². The first-order valence-electron chi connectivity index (χ1n) is 6.22. The van der Waals surface area contributed by atoms with Gasteiger partial charge in [-0.2, -0.15) is 0 Å². The van der Waals surface area contributed by atoms with E-state index in [0.717, 1.165) is 5.57 Å². The van der Waals surface area contributed by atoms with E-state index in [1.54, 1.807) is 7.05 Å². The lowest BCUT2D eigenvalue weighted by atomic mass is 10.3. The van der Waals surface area contributed by atoms with Crippen LogP contribution in [0.4, 0.5) is 0 Å². The predicted octanol–water partition coefficient (Wildman–Crippen LogP) is 0.331. The molecule has 1 N–H and O–H groups in total. The lowest BCUT2D eigenvalue weighted by molar-refractivity contribution is -0.126. The van der Waals surface area contributed by atoms with Gasteiger partial charge in [0.1, 0.15) is 5.25 Å². The quantitative estimate of drug-likeness (QED) is 0.594. The minimum absolute atomic E-state index is 0.0267. The van der Waals surface area contributed by atoms with Crippen LogP contribution >= 0.6 is 23.5 Å². The van der Waals surface area contributed by atoms with E-state index in [2.05, 4.69) is 16.8 Å². The van der Waals surface area contributed by atoms with E-state index in [-0.39, 0.29) is 18.4 Å². The number of aliphatic hydroxyl groups excluding tert-OH is 1. The van der Waals surface area contributed by atoms with Crippen LogP contribution in [0.2, 0.25) is 0 Å². The van der Waals surface area contributed by atoms with Crippen LogP contribution < -0.4 is 0 Å². The number of hydrogen-bond acceptors (Lipinski definition) is 7. The molecule has 1 unspecified atom stereocenters. The maximum Gasteiger partial charge on any atom is 0.244 e. The average Bonchev–Trinajstić information content (AvgIpc) is 2.91. The summed E-state index contributed by atoms with van der Waals surface area (Å²) in [5.74, 6) is 0.121. The molecule has 0 aromatic rings. The van der Waals surface area contributed by atoms with Gasteiger partial charge < -0.3 is 5.11 Å². The molecular weight excluding hydrogens is 312 g/mol. The number of carbonyl (C=O) groups is 2. The molecule has 2 rings (SSSR count). The van der Waals surface area contributed by atoms with Gasteiger partial charge in [-0.3, -0.25) is 19.4 Å². The van der Waals surface area contributed by atoms with Crippen LogP contribution in [0, 0.1) is 0 Å². The molecule has 1 atom stereocenters. The zero-order valence-corrected chi connectivity index (χ0v) is 13.4. The van der Waals surface area contributed by atoms with E-state index in [0.29, 0.717) is 22.6 Å². The minimum Gasteiger partial charge on any atom is -0.395 e. The summed E-state index contributed by atoms with van der Waals surface area (Å²) in [6, 6.07) is 0. The van der Waals surface area contributed by atoms with E-state index in [1.807, 2.05) is 6.92 Å². The fourth-order valence-corrected chi connectivity index (χ4v) is 3.49. The third-order valence-corrected chi connectivity index (χ3v) is 4.97. The Morgan fingerprint density at radius 3 is 2.62 bits per heavy atom. The molecule has 2 heterocycles. The van der Waals surface area contributed by atoms with Gasteiger partial charge in [0.15, 0.2) is 10.3 Å². The number of rotatable bonds is 4. The van der Waals surface area contributed by atoms with Gasteiger partial charge in [0.2, 0.25) is 11.8 Å². The van der Waals surface area contributed by atoms with Crippen molar-refractivity contribution in [2.45, 2.75) is 12.2 Å². The monoisotopic (exact) mass is 328 g/mol.